The lowest BCUT2D eigenvalue weighted by Gasteiger charge is -2.08. The molecule has 1 aliphatic carbocycles. The smallest absolute Gasteiger partial charge is 0.266 e. The summed E-state index contributed by atoms with van der Waals surface area (Å²) in [5.74, 6) is 0.646. The molecule has 0 unspecified atom stereocenters. The lowest BCUT2D eigenvalue weighted by molar-refractivity contribution is 0.103. The van der Waals surface area contributed by atoms with Crippen molar-refractivity contribution in [3.63, 3.8) is 0 Å². The van der Waals surface area contributed by atoms with Gasteiger partial charge in [-0.3, -0.25) is 9.89 Å². The highest BCUT2D eigenvalue weighted by atomic mass is 32.1. The molecule has 0 radical (unpaired) electrons. The molecule has 4 nitrogen and oxygen atoms in total. The fourth-order valence-electron chi connectivity index (χ4n) is 2.25. The third-order valence-electron chi connectivity index (χ3n) is 3.29. The number of H-pyrrole nitrogens is 1. The van der Waals surface area contributed by atoms with E-state index in [4.69, 9.17) is 0 Å². The number of amides is 1. The van der Waals surface area contributed by atoms with Crippen LogP contribution in [0.4, 0.5) is 5.82 Å². The van der Waals surface area contributed by atoms with Gasteiger partial charge in [-0.15, -0.1) is 11.3 Å². The molecule has 2 N–H and O–H groups in total. The van der Waals surface area contributed by atoms with Crippen LogP contribution in [-0.2, 0) is 12.8 Å². The average Bonchev–Trinajstić information content (AvgIpc) is 2.96. The SMILES string of the molecule is Cc1cn[nH]c1NC(=O)c1cc2c(s1)CCCC2. The number of carbonyl (C=O) groups excluding carboxylic acids is 1. The number of aromatic amines is 1. The number of aryl methyl sites for hydroxylation is 3. The highest BCUT2D eigenvalue weighted by molar-refractivity contribution is 7.14. The Morgan fingerprint density at radius 3 is 3.00 bits per heavy atom. The van der Waals surface area contributed by atoms with Crippen LogP contribution in [0.3, 0.4) is 0 Å². The molecule has 1 aliphatic rings. The van der Waals surface area contributed by atoms with Gasteiger partial charge < -0.3 is 5.32 Å². The van der Waals surface area contributed by atoms with E-state index in [2.05, 4.69) is 15.5 Å². The van der Waals surface area contributed by atoms with Crippen LogP contribution in [0.5, 0.6) is 0 Å². The molecule has 0 atom stereocenters. The number of hydrogen-bond acceptors (Lipinski definition) is 3. The zero-order valence-corrected chi connectivity index (χ0v) is 11.1. The summed E-state index contributed by atoms with van der Waals surface area (Å²) in [4.78, 5) is 14.3. The van der Waals surface area contributed by atoms with Gasteiger partial charge in [-0.25, -0.2) is 0 Å². The molecule has 3 rings (SSSR count). The number of anilines is 1. The van der Waals surface area contributed by atoms with Crippen molar-refractivity contribution in [3.8, 4) is 0 Å². The van der Waals surface area contributed by atoms with Crippen LogP contribution in [0.1, 0.15) is 38.5 Å². The maximum atomic E-state index is 12.1. The third kappa shape index (κ3) is 2.06. The Labute approximate surface area is 109 Å². The summed E-state index contributed by atoms with van der Waals surface area (Å²) >= 11 is 1.62. The first-order chi connectivity index (χ1) is 8.74. The standard InChI is InChI=1S/C13H15N3OS/c1-8-7-14-16-12(8)15-13(17)11-6-9-4-2-3-5-10(9)18-11/h6-7H,2-5H2,1H3,(H2,14,15,16,17). The van der Waals surface area contributed by atoms with Crippen LogP contribution in [0.25, 0.3) is 0 Å². The first kappa shape index (κ1) is 11.5. The van der Waals surface area contributed by atoms with Crippen molar-refractivity contribution in [2.24, 2.45) is 0 Å². The Morgan fingerprint density at radius 1 is 1.44 bits per heavy atom. The molecule has 94 valence electrons. The molecule has 2 heterocycles. The number of carbonyl (C=O) groups is 1. The molecule has 0 fully saturated rings. The van der Waals surface area contributed by atoms with Crippen molar-refractivity contribution >= 4 is 23.1 Å². The summed E-state index contributed by atoms with van der Waals surface area (Å²) in [6.45, 7) is 1.92. The fourth-order valence-corrected chi connectivity index (χ4v) is 3.40. The molecule has 18 heavy (non-hydrogen) atoms. The Bertz CT molecular complexity index is 561. The Balaban J connectivity index is 1.80. The molecule has 0 aliphatic heterocycles. The molecular formula is C13H15N3OS. The number of aromatic nitrogens is 2. The number of rotatable bonds is 2. The van der Waals surface area contributed by atoms with E-state index in [9.17, 15) is 4.79 Å². The van der Waals surface area contributed by atoms with Gasteiger partial charge in [-0.05, 0) is 44.2 Å². The second-order valence-electron chi connectivity index (χ2n) is 4.65. The minimum atomic E-state index is -0.0400. The largest absolute Gasteiger partial charge is 0.306 e. The lowest BCUT2D eigenvalue weighted by atomic mass is 9.99. The highest BCUT2D eigenvalue weighted by Crippen LogP contribution is 2.30. The van der Waals surface area contributed by atoms with E-state index in [0.717, 1.165) is 23.3 Å². The number of hydrogen-bond donors (Lipinski definition) is 2. The van der Waals surface area contributed by atoms with Gasteiger partial charge in [-0.2, -0.15) is 5.10 Å². The molecular weight excluding hydrogens is 246 g/mol. The highest BCUT2D eigenvalue weighted by Gasteiger charge is 2.17. The maximum absolute atomic E-state index is 12.1. The van der Waals surface area contributed by atoms with E-state index >= 15 is 0 Å². The maximum Gasteiger partial charge on any atom is 0.266 e. The van der Waals surface area contributed by atoms with Gasteiger partial charge in [0.1, 0.15) is 5.82 Å². The van der Waals surface area contributed by atoms with E-state index in [1.54, 1.807) is 17.5 Å². The quantitative estimate of drug-likeness (QED) is 0.873. The monoisotopic (exact) mass is 261 g/mol. The van der Waals surface area contributed by atoms with Crippen LogP contribution in [0.2, 0.25) is 0 Å². The number of nitrogens with one attached hydrogen (secondary N) is 2. The molecule has 0 spiro atoms. The van der Waals surface area contributed by atoms with E-state index < -0.39 is 0 Å². The second kappa shape index (κ2) is 4.57. The van der Waals surface area contributed by atoms with E-state index in [1.165, 1.54) is 23.3 Å². The second-order valence-corrected chi connectivity index (χ2v) is 5.79. The van der Waals surface area contributed by atoms with Crippen molar-refractivity contribution in [1.82, 2.24) is 10.2 Å². The lowest BCUT2D eigenvalue weighted by Crippen LogP contribution is -2.11. The average molecular weight is 261 g/mol. The molecule has 0 bridgehead atoms. The predicted octanol–water partition coefficient (Wildman–Crippen LogP) is 2.91. The number of nitrogens with zero attached hydrogens (tertiary/aromatic N) is 1. The van der Waals surface area contributed by atoms with Crippen LogP contribution >= 0.6 is 11.3 Å². The van der Waals surface area contributed by atoms with Crippen LogP contribution in [0.15, 0.2) is 12.3 Å². The first-order valence-corrected chi connectivity index (χ1v) is 6.98. The summed E-state index contributed by atoms with van der Waals surface area (Å²) in [5.41, 5.74) is 2.31. The van der Waals surface area contributed by atoms with Crippen LogP contribution in [-0.4, -0.2) is 16.1 Å². The number of fused-ring (bicyclic) bond motifs is 1. The molecule has 1 amide bonds. The summed E-state index contributed by atoms with van der Waals surface area (Å²) in [7, 11) is 0. The Hall–Kier alpha value is -1.62. The Morgan fingerprint density at radius 2 is 2.28 bits per heavy atom. The van der Waals surface area contributed by atoms with Gasteiger partial charge in [0, 0.05) is 10.4 Å². The topological polar surface area (TPSA) is 57.8 Å². The minimum Gasteiger partial charge on any atom is -0.306 e. The van der Waals surface area contributed by atoms with Gasteiger partial charge in [0.15, 0.2) is 0 Å². The zero-order valence-electron chi connectivity index (χ0n) is 10.2. The molecule has 5 heteroatoms. The normalized spacial score (nSPS) is 14.3. The van der Waals surface area contributed by atoms with Crippen molar-refractivity contribution < 1.29 is 4.79 Å². The zero-order chi connectivity index (χ0) is 12.5. The predicted molar refractivity (Wildman–Crippen MR) is 72.2 cm³/mol. The summed E-state index contributed by atoms with van der Waals surface area (Å²) in [5, 5.41) is 9.56. The van der Waals surface area contributed by atoms with Crippen molar-refractivity contribution in [2.75, 3.05) is 5.32 Å². The fraction of sp³-hybridized carbons (Fsp3) is 0.385. The van der Waals surface area contributed by atoms with Gasteiger partial charge in [0.25, 0.3) is 5.91 Å². The van der Waals surface area contributed by atoms with Gasteiger partial charge in [-0.1, -0.05) is 0 Å². The molecule has 2 aromatic rings. The van der Waals surface area contributed by atoms with E-state index in [1.807, 2.05) is 13.0 Å². The van der Waals surface area contributed by atoms with Crippen molar-refractivity contribution in [3.05, 3.63) is 33.1 Å². The summed E-state index contributed by atoms with van der Waals surface area (Å²) < 4.78 is 0. The molecule has 0 aromatic carbocycles. The Kier molecular flexibility index (Phi) is 2.91. The van der Waals surface area contributed by atoms with E-state index in [-0.39, 0.29) is 5.91 Å². The van der Waals surface area contributed by atoms with Crippen LogP contribution < -0.4 is 5.32 Å². The minimum absolute atomic E-state index is 0.0400. The number of thiophene rings is 1. The molecule has 2 aromatic heterocycles. The summed E-state index contributed by atoms with van der Waals surface area (Å²) in [6, 6.07) is 2.04. The molecule has 0 saturated heterocycles. The van der Waals surface area contributed by atoms with Gasteiger partial charge in [0.2, 0.25) is 0 Å². The van der Waals surface area contributed by atoms with E-state index in [0.29, 0.717) is 5.82 Å². The molecule has 0 saturated carbocycles. The van der Waals surface area contributed by atoms with Crippen molar-refractivity contribution in [2.45, 2.75) is 32.6 Å². The first-order valence-electron chi connectivity index (χ1n) is 6.17. The summed E-state index contributed by atoms with van der Waals surface area (Å²) in [6.07, 6.45) is 6.42. The van der Waals surface area contributed by atoms with Gasteiger partial charge >= 0.3 is 0 Å². The van der Waals surface area contributed by atoms with Gasteiger partial charge in [0.05, 0.1) is 11.1 Å². The van der Waals surface area contributed by atoms with Crippen molar-refractivity contribution in [1.29, 1.82) is 0 Å². The van der Waals surface area contributed by atoms with Crippen LogP contribution in [0, 0.1) is 6.92 Å². The third-order valence-corrected chi connectivity index (χ3v) is 4.52.